The topological polar surface area (TPSA) is 62.2 Å². The Labute approximate surface area is 114 Å². The molecule has 0 radical (unpaired) electrons. The number of carbonyl (C=O) groups excluding carboxylic acids is 1. The van der Waals surface area contributed by atoms with Crippen molar-refractivity contribution >= 4 is 5.91 Å². The lowest BCUT2D eigenvalue weighted by molar-refractivity contribution is -0.0109. The van der Waals surface area contributed by atoms with E-state index < -0.39 is 5.60 Å². The lowest BCUT2D eigenvalue weighted by Gasteiger charge is -2.35. The lowest BCUT2D eigenvalue weighted by Crippen LogP contribution is -2.45. The van der Waals surface area contributed by atoms with Gasteiger partial charge in [0.2, 0.25) is 0 Å². The third kappa shape index (κ3) is 3.53. The summed E-state index contributed by atoms with van der Waals surface area (Å²) >= 11 is 0. The van der Waals surface area contributed by atoms with Crippen LogP contribution in [0.1, 0.15) is 48.7 Å². The van der Waals surface area contributed by atoms with E-state index in [0.717, 1.165) is 25.7 Å². The first-order chi connectivity index (χ1) is 9.00. The highest BCUT2D eigenvalue weighted by molar-refractivity contribution is 5.95. The van der Waals surface area contributed by atoms with Gasteiger partial charge in [-0.2, -0.15) is 0 Å². The van der Waals surface area contributed by atoms with Gasteiger partial charge in [0, 0.05) is 18.4 Å². The van der Waals surface area contributed by atoms with Crippen molar-refractivity contribution in [2.75, 3.05) is 6.54 Å². The molecular weight excluding hydrogens is 240 g/mol. The predicted molar refractivity (Wildman–Crippen MR) is 73.9 cm³/mol. The van der Waals surface area contributed by atoms with E-state index in [2.05, 4.69) is 17.2 Å². The molecule has 104 valence electrons. The lowest BCUT2D eigenvalue weighted by atomic mass is 9.79. The Hall–Kier alpha value is -1.42. The smallest absolute Gasteiger partial charge is 0.253 e. The van der Waals surface area contributed by atoms with E-state index >= 15 is 0 Å². The van der Waals surface area contributed by atoms with E-state index in [-0.39, 0.29) is 5.91 Å². The van der Waals surface area contributed by atoms with Crippen LogP contribution in [0.4, 0.5) is 0 Å². The maximum atomic E-state index is 12.1. The molecular formula is C15H22N2O2. The fourth-order valence-electron chi connectivity index (χ4n) is 2.86. The standard InChI is InChI=1S/C15H22N2O2/c1-11-5-3-7-15(19,9-11)10-17-14(18)13-6-4-8-16-12(13)2/h4,6,8,11,19H,3,5,7,9-10H2,1-2H3,(H,17,18). The van der Waals surface area contributed by atoms with Gasteiger partial charge in [-0.15, -0.1) is 0 Å². The summed E-state index contributed by atoms with van der Waals surface area (Å²) in [6, 6.07) is 3.50. The normalized spacial score (nSPS) is 27.0. The second-order valence-corrected chi connectivity index (χ2v) is 5.74. The summed E-state index contributed by atoms with van der Waals surface area (Å²) in [6.07, 6.45) is 5.39. The number of nitrogens with zero attached hydrogens (tertiary/aromatic N) is 1. The van der Waals surface area contributed by atoms with Crippen LogP contribution in [0.25, 0.3) is 0 Å². The molecule has 2 atom stereocenters. The number of rotatable bonds is 3. The zero-order valence-corrected chi connectivity index (χ0v) is 11.6. The molecule has 1 aromatic rings. The van der Waals surface area contributed by atoms with Crippen molar-refractivity contribution < 1.29 is 9.90 Å². The Morgan fingerprint density at radius 2 is 2.42 bits per heavy atom. The third-order valence-electron chi connectivity index (χ3n) is 3.90. The first-order valence-electron chi connectivity index (χ1n) is 6.92. The summed E-state index contributed by atoms with van der Waals surface area (Å²) in [6.45, 7) is 4.29. The van der Waals surface area contributed by atoms with Gasteiger partial charge in [-0.05, 0) is 37.8 Å². The van der Waals surface area contributed by atoms with Gasteiger partial charge in [-0.1, -0.05) is 19.8 Å². The van der Waals surface area contributed by atoms with E-state index in [4.69, 9.17) is 0 Å². The molecule has 0 aliphatic heterocycles. The van der Waals surface area contributed by atoms with Crippen molar-refractivity contribution in [3.05, 3.63) is 29.6 Å². The number of pyridine rings is 1. The van der Waals surface area contributed by atoms with Gasteiger partial charge in [0.15, 0.2) is 0 Å². The molecule has 19 heavy (non-hydrogen) atoms. The number of aryl methyl sites for hydroxylation is 1. The van der Waals surface area contributed by atoms with Gasteiger partial charge in [0.25, 0.3) is 5.91 Å². The van der Waals surface area contributed by atoms with E-state index in [1.165, 1.54) is 0 Å². The Balaban J connectivity index is 1.95. The second-order valence-electron chi connectivity index (χ2n) is 5.74. The number of hydrogen-bond donors (Lipinski definition) is 2. The Morgan fingerprint density at radius 1 is 1.63 bits per heavy atom. The van der Waals surface area contributed by atoms with E-state index in [1.807, 2.05) is 6.92 Å². The Morgan fingerprint density at radius 3 is 3.11 bits per heavy atom. The minimum absolute atomic E-state index is 0.155. The molecule has 4 heteroatoms. The molecule has 1 aliphatic carbocycles. The van der Waals surface area contributed by atoms with Crippen LogP contribution < -0.4 is 5.32 Å². The molecule has 0 bridgehead atoms. The van der Waals surface area contributed by atoms with Crippen LogP contribution in [0.2, 0.25) is 0 Å². The molecule has 0 spiro atoms. The molecule has 1 aromatic heterocycles. The van der Waals surface area contributed by atoms with E-state index in [1.54, 1.807) is 18.3 Å². The first kappa shape index (κ1) is 14.0. The van der Waals surface area contributed by atoms with Crippen LogP contribution in [-0.2, 0) is 0 Å². The molecule has 2 rings (SSSR count). The second kappa shape index (κ2) is 5.70. The molecule has 0 saturated heterocycles. The summed E-state index contributed by atoms with van der Waals surface area (Å²) in [5.41, 5.74) is 0.544. The quantitative estimate of drug-likeness (QED) is 0.876. The van der Waals surface area contributed by atoms with Gasteiger partial charge in [0.1, 0.15) is 0 Å². The molecule has 1 heterocycles. The van der Waals surface area contributed by atoms with Crippen LogP contribution in [0, 0.1) is 12.8 Å². The van der Waals surface area contributed by atoms with Gasteiger partial charge < -0.3 is 10.4 Å². The molecule has 2 N–H and O–H groups in total. The summed E-state index contributed by atoms with van der Waals surface area (Å²) in [5, 5.41) is 13.3. The summed E-state index contributed by atoms with van der Waals surface area (Å²) in [4.78, 5) is 16.2. The maximum absolute atomic E-state index is 12.1. The van der Waals surface area contributed by atoms with Crippen molar-refractivity contribution in [1.29, 1.82) is 0 Å². The molecule has 0 aromatic carbocycles. The van der Waals surface area contributed by atoms with E-state index in [0.29, 0.717) is 23.7 Å². The van der Waals surface area contributed by atoms with Crippen molar-refractivity contribution in [3.8, 4) is 0 Å². The number of hydrogen-bond acceptors (Lipinski definition) is 3. The van der Waals surface area contributed by atoms with Crippen molar-refractivity contribution in [2.24, 2.45) is 5.92 Å². The van der Waals surface area contributed by atoms with Crippen LogP contribution >= 0.6 is 0 Å². The van der Waals surface area contributed by atoms with Gasteiger partial charge in [-0.3, -0.25) is 9.78 Å². The number of aliphatic hydroxyl groups is 1. The van der Waals surface area contributed by atoms with Gasteiger partial charge in [0.05, 0.1) is 11.2 Å². The SMILES string of the molecule is Cc1ncccc1C(=O)NCC1(O)CCCC(C)C1. The summed E-state index contributed by atoms with van der Waals surface area (Å²) < 4.78 is 0. The number of carbonyl (C=O) groups is 1. The van der Waals surface area contributed by atoms with Crippen LogP contribution in [0.15, 0.2) is 18.3 Å². The highest BCUT2D eigenvalue weighted by atomic mass is 16.3. The highest BCUT2D eigenvalue weighted by Gasteiger charge is 2.32. The number of nitrogens with one attached hydrogen (secondary N) is 1. The van der Waals surface area contributed by atoms with Crippen LogP contribution in [0.5, 0.6) is 0 Å². The third-order valence-corrected chi connectivity index (χ3v) is 3.90. The monoisotopic (exact) mass is 262 g/mol. The number of aromatic nitrogens is 1. The average Bonchev–Trinajstić information content (AvgIpc) is 2.36. The van der Waals surface area contributed by atoms with E-state index in [9.17, 15) is 9.90 Å². The fraction of sp³-hybridized carbons (Fsp3) is 0.600. The molecule has 1 aliphatic rings. The fourth-order valence-corrected chi connectivity index (χ4v) is 2.86. The highest BCUT2D eigenvalue weighted by Crippen LogP contribution is 2.31. The van der Waals surface area contributed by atoms with Crippen molar-refractivity contribution in [3.63, 3.8) is 0 Å². The molecule has 1 amide bonds. The molecule has 1 fully saturated rings. The molecule has 2 unspecified atom stereocenters. The Bertz CT molecular complexity index is 461. The largest absolute Gasteiger partial charge is 0.388 e. The molecule has 1 saturated carbocycles. The predicted octanol–water partition coefficient (Wildman–Crippen LogP) is 2.06. The van der Waals surface area contributed by atoms with Gasteiger partial charge in [-0.25, -0.2) is 0 Å². The maximum Gasteiger partial charge on any atom is 0.253 e. The minimum atomic E-state index is -0.747. The van der Waals surface area contributed by atoms with Crippen LogP contribution in [0.3, 0.4) is 0 Å². The van der Waals surface area contributed by atoms with Crippen LogP contribution in [-0.4, -0.2) is 28.1 Å². The average molecular weight is 262 g/mol. The summed E-state index contributed by atoms with van der Waals surface area (Å²) in [7, 11) is 0. The van der Waals surface area contributed by atoms with Crippen molar-refractivity contribution in [2.45, 2.75) is 45.1 Å². The number of amides is 1. The minimum Gasteiger partial charge on any atom is -0.388 e. The van der Waals surface area contributed by atoms with Gasteiger partial charge >= 0.3 is 0 Å². The zero-order chi connectivity index (χ0) is 13.9. The summed E-state index contributed by atoms with van der Waals surface area (Å²) in [5.74, 6) is 0.369. The first-order valence-corrected chi connectivity index (χ1v) is 6.92. The zero-order valence-electron chi connectivity index (χ0n) is 11.6. The molecule has 4 nitrogen and oxygen atoms in total. The Kier molecular flexibility index (Phi) is 4.20. The van der Waals surface area contributed by atoms with Crippen molar-refractivity contribution in [1.82, 2.24) is 10.3 Å².